The summed E-state index contributed by atoms with van der Waals surface area (Å²) in [7, 11) is 0. The Morgan fingerprint density at radius 2 is 1.00 bits per heavy atom. The van der Waals surface area contributed by atoms with Crippen molar-refractivity contribution in [1.82, 2.24) is 0 Å². The topological polar surface area (TPSA) is 141 Å². The van der Waals surface area contributed by atoms with Gasteiger partial charge in [-0.05, 0) is 41.5 Å². The number of aliphatic hydroxyl groups excluding tert-OH is 3. The Morgan fingerprint density at radius 1 is 0.645 bits per heavy atom. The summed E-state index contributed by atoms with van der Waals surface area (Å²) in [5.74, 6) is -0.604. The predicted octanol–water partition coefficient (Wildman–Crippen LogP) is 1.06. The van der Waals surface area contributed by atoms with Gasteiger partial charge in [0.05, 0.1) is 52.9 Å². The van der Waals surface area contributed by atoms with Gasteiger partial charge in [-0.15, -0.1) is 0 Å². The lowest BCUT2D eigenvalue weighted by molar-refractivity contribution is -0.160. The first-order valence-electron chi connectivity index (χ1n) is 9.88. The molecule has 0 aromatic carbocycles. The second-order valence-electron chi connectivity index (χ2n) is 7.75. The highest BCUT2D eigenvalue weighted by molar-refractivity contribution is 9.09. The molecule has 0 unspecified atom stereocenters. The standard InChI is InChI=1S/C10H20O5.C6H11BrO2.C4H10O3/c1-10(2,3)15-9(12)8-14-7-6-13-5-4-11;1-6(2,3)9-5(8)4-7;5-1-3-7-4-2-6/h11H,4-8H2,1-3H3;4H2,1-3H3;5-6H,1-4H2. The predicted molar refractivity (Wildman–Crippen MR) is 119 cm³/mol. The minimum atomic E-state index is -0.478. The molecule has 0 atom stereocenters. The summed E-state index contributed by atoms with van der Waals surface area (Å²) in [6, 6.07) is 0. The fourth-order valence-corrected chi connectivity index (χ4v) is 1.53. The molecule has 0 saturated carbocycles. The number of carbonyl (C=O) groups excluding carboxylic acids is 2. The number of hydrogen-bond donors (Lipinski definition) is 3. The van der Waals surface area contributed by atoms with Crippen molar-refractivity contribution in [2.75, 3.05) is 64.8 Å². The second-order valence-corrected chi connectivity index (χ2v) is 8.32. The van der Waals surface area contributed by atoms with E-state index in [1.54, 1.807) is 20.8 Å². The monoisotopic (exact) mass is 520 g/mol. The summed E-state index contributed by atoms with van der Waals surface area (Å²) in [6.07, 6.45) is 0. The first kappa shape index (κ1) is 34.8. The van der Waals surface area contributed by atoms with E-state index in [1.165, 1.54) is 0 Å². The maximum atomic E-state index is 11.1. The summed E-state index contributed by atoms with van der Waals surface area (Å²) in [6.45, 7) is 12.5. The van der Waals surface area contributed by atoms with E-state index < -0.39 is 5.60 Å². The Hall–Kier alpha value is -0.820. The first-order valence-corrected chi connectivity index (χ1v) is 11.0. The largest absolute Gasteiger partial charge is 0.459 e. The van der Waals surface area contributed by atoms with Crippen LogP contribution in [0.1, 0.15) is 41.5 Å². The van der Waals surface area contributed by atoms with Crippen LogP contribution in [-0.4, -0.2) is 103 Å². The van der Waals surface area contributed by atoms with Crippen LogP contribution in [0.5, 0.6) is 0 Å². The fourth-order valence-electron chi connectivity index (χ4n) is 1.41. The molecule has 0 heterocycles. The number of hydrogen-bond acceptors (Lipinski definition) is 10. The van der Waals surface area contributed by atoms with Gasteiger partial charge in [-0.25, -0.2) is 4.79 Å². The zero-order chi connectivity index (χ0) is 24.8. The minimum absolute atomic E-state index is 0.00787. The van der Waals surface area contributed by atoms with Crippen LogP contribution in [0.3, 0.4) is 0 Å². The van der Waals surface area contributed by atoms with Crippen molar-refractivity contribution in [3.8, 4) is 0 Å². The lowest BCUT2D eigenvalue weighted by atomic mass is 10.2. The number of halogens is 1. The maximum absolute atomic E-state index is 11.1. The van der Waals surface area contributed by atoms with Gasteiger partial charge in [0.2, 0.25) is 0 Å². The van der Waals surface area contributed by atoms with Crippen molar-refractivity contribution >= 4 is 27.9 Å². The summed E-state index contributed by atoms with van der Waals surface area (Å²) in [5.41, 5.74) is -0.835. The maximum Gasteiger partial charge on any atom is 0.332 e. The number of ether oxygens (including phenoxy) is 5. The molecule has 0 aliphatic rings. The van der Waals surface area contributed by atoms with Gasteiger partial charge < -0.3 is 39.0 Å². The average molecular weight is 521 g/mol. The van der Waals surface area contributed by atoms with Gasteiger partial charge >= 0.3 is 11.9 Å². The van der Waals surface area contributed by atoms with Crippen molar-refractivity contribution in [2.45, 2.75) is 52.7 Å². The molecule has 0 aliphatic heterocycles. The van der Waals surface area contributed by atoms with Crippen LogP contribution in [0.4, 0.5) is 0 Å². The normalized spacial score (nSPS) is 10.9. The van der Waals surface area contributed by atoms with Crippen molar-refractivity contribution in [3.05, 3.63) is 0 Å². The Kier molecular flexibility index (Phi) is 25.1. The lowest BCUT2D eigenvalue weighted by Crippen LogP contribution is -2.27. The average Bonchev–Trinajstić information content (AvgIpc) is 2.63. The molecule has 0 radical (unpaired) electrons. The third-order valence-electron chi connectivity index (χ3n) is 2.25. The number of alkyl halides is 1. The summed E-state index contributed by atoms with van der Waals surface area (Å²) in [5, 5.41) is 24.8. The Balaban J connectivity index is -0.000000417. The number of rotatable bonds is 12. The van der Waals surface area contributed by atoms with E-state index in [4.69, 9.17) is 34.3 Å². The lowest BCUT2D eigenvalue weighted by Gasteiger charge is -2.19. The van der Waals surface area contributed by atoms with E-state index in [-0.39, 0.29) is 55.9 Å². The van der Waals surface area contributed by atoms with Crippen LogP contribution < -0.4 is 0 Å². The zero-order valence-electron chi connectivity index (χ0n) is 19.6. The SMILES string of the molecule is CC(C)(C)OC(=O)CBr.CC(C)(C)OC(=O)COCCOCCO.OCCOCCO. The highest BCUT2D eigenvalue weighted by Crippen LogP contribution is 2.07. The Morgan fingerprint density at radius 3 is 1.32 bits per heavy atom. The molecule has 0 amide bonds. The highest BCUT2D eigenvalue weighted by Gasteiger charge is 2.16. The summed E-state index contributed by atoms with van der Waals surface area (Å²) < 4.78 is 24.5. The van der Waals surface area contributed by atoms with Crippen LogP contribution in [0.25, 0.3) is 0 Å². The molecule has 0 aromatic rings. The van der Waals surface area contributed by atoms with E-state index in [0.29, 0.717) is 26.4 Å². The molecule has 0 aromatic heterocycles. The quantitative estimate of drug-likeness (QED) is 0.194. The molecule has 10 nitrogen and oxygen atoms in total. The van der Waals surface area contributed by atoms with Crippen molar-refractivity contribution in [2.24, 2.45) is 0 Å². The smallest absolute Gasteiger partial charge is 0.332 e. The van der Waals surface area contributed by atoms with E-state index in [2.05, 4.69) is 20.7 Å². The summed E-state index contributed by atoms with van der Waals surface area (Å²) >= 11 is 2.99. The molecule has 188 valence electrons. The van der Waals surface area contributed by atoms with Gasteiger partial charge in [0.1, 0.15) is 23.1 Å². The minimum Gasteiger partial charge on any atom is -0.459 e. The van der Waals surface area contributed by atoms with E-state index in [1.807, 2.05) is 20.8 Å². The van der Waals surface area contributed by atoms with Gasteiger partial charge in [0, 0.05) is 0 Å². The van der Waals surface area contributed by atoms with Crippen LogP contribution in [-0.2, 0) is 33.3 Å². The third-order valence-corrected chi connectivity index (χ3v) is 2.71. The number of carbonyl (C=O) groups is 2. The molecule has 31 heavy (non-hydrogen) atoms. The van der Waals surface area contributed by atoms with E-state index >= 15 is 0 Å². The molecule has 0 fully saturated rings. The molecule has 0 spiro atoms. The second kappa shape index (κ2) is 22.4. The number of aliphatic hydroxyl groups is 3. The third kappa shape index (κ3) is 40.1. The molecule has 0 rings (SSSR count). The van der Waals surface area contributed by atoms with Crippen molar-refractivity contribution < 1.29 is 48.6 Å². The van der Waals surface area contributed by atoms with Gasteiger partial charge in [-0.3, -0.25) is 4.79 Å². The van der Waals surface area contributed by atoms with Crippen LogP contribution in [0.15, 0.2) is 0 Å². The molecule has 11 heteroatoms. The molecular weight excluding hydrogens is 480 g/mol. The molecule has 0 bridgehead atoms. The van der Waals surface area contributed by atoms with E-state index in [0.717, 1.165) is 0 Å². The van der Waals surface area contributed by atoms with Crippen LogP contribution in [0.2, 0.25) is 0 Å². The van der Waals surface area contributed by atoms with Crippen molar-refractivity contribution in [3.63, 3.8) is 0 Å². The molecule has 3 N–H and O–H groups in total. The van der Waals surface area contributed by atoms with Crippen molar-refractivity contribution in [1.29, 1.82) is 0 Å². The van der Waals surface area contributed by atoms with Gasteiger partial charge in [-0.2, -0.15) is 0 Å². The van der Waals surface area contributed by atoms with E-state index in [9.17, 15) is 9.59 Å². The molecular formula is C20H41BrO10. The molecule has 0 aliphatic carbocycles. The Labute approximate surface area is 194 Å². The van der Waals surface area contributed by atoms with Crippen LogP contribution >= 0.6 is 15.9 Å². The van der Waals surface area contributed by atoms with Crippen LogP contribution in [0, 0.1) is 0 Å². The first-order chi connectivity index (χ1) is 14.3. The van der Waals surface area contributed by atoms with Gasteiger partial charge in [0.25, 0.3) is 0 Å². The summed E-state index contributed by atoms with van der Waals surface area (Å²) in [4.78, 5) is 21.7. The Bertz CT molecular complexity index is 415. The number of esters is 2. The fraction of sp³-hybridized carbons (Fsp3) is 0.900. The zero-order valence-corrected chi connectivity index (χ0v) is 21.2. The van der Waals surface area contributed by atoms with Gasteiger partial charge in [-0.1, -0.05) is 15.9 Å². The van der Waals surface area contributed by atoms with Gasteiger partial charge in [0.15, 0.2) is 0 Å². The highest BCUT2D eigenvalue weighted by atomic mass is 79.9. The molecule has 0 saturated heterocycles.